The zero-order chi connectivity index (χ0) is 10.7. The van der Waals surface area contributed by atoms with Crippen LogP contribution >= 0.6 is 23.2 Å². The first-order valence-electron chi connectivity index (χ1n) is 4.62. The lowest BCUT2D eigenvalue weighted by molar-refractivity contribution is -0.686. The van der Waals surface area contributed by atoms with Gasteiger partial charge in [-0.2, -0.15) is 4.57 Å². The first-order chi connectivity index (χ1) is 7.29. The predicted molar refractivity (Wildman–Crippen MR) is 63.9 cm³/mol. The minimum Gasteiger partial charge on any atom is -1.00 e. The summed E-state index contributed by atoms with van der Waals surface area (Å²) in [5, 5.41) is 3.04. The quantitative estimate of drug-likeness (QED) is 0.537. The fraction of sp³-hybridized carbons (Fsp3) is 0.0833. The van der Waals surface area contributed by atoms with E-state index in [4.69, 9.17) is 23.2 Å². The maximum atomic E-state index is 5.86. The SMILES string of the molecule is ClC=C(Cl)C[n+]1ccc2ccccc2c1.[I-]. The second-order valence-corrected chi connectivity index (χ2v) is 4.01. The number of aromatic nitrogens is 1. The van der Waals surface area contributed by atoms with E-state index in [1.807, 2.05) is 22.9 Å². The molecule has 0 aliphatic rings. The van der Waals surface area contributed by atoms with Gasteiger partial charge in [0.25, 0.3) is 0 Å². The molecule has 0 aliphatic carbocycles. The third kappa shape index (κ3) is 3.34. The van der Waals surface area contributed by atoms with Gasteiger partial charge in [0.1, 0.15) is 0 Å². The lowest BCUT2D eigenvalue weighted by atomic mass is 10.2. The van der Waals surface area contributed by atoms with Crippen molar-refractivity contribution in [2.45, 2.75) is 6.54 Å². The molecule has 0 atom stereocenters. The number of nitrogens with zero attached hydrogens (tertiary/aromatic N) is 1. The summed E-state index contributed by atoms with van der Waals surface area (Å²) < 4.78 is 2.00. The Balaban J connectivity index is 0.00000128. The van der Waals surface area contributed by atoms with E-state index in [0.717, 1.165) is 0 Å². The van der Waals surface area contributed by atoms with Crippen LogP contribution in [0.5, 0.6) is 0 Å². The van der Waals surface area contributed by atoms with Crippen LogP contribution in [0.25, 0.3) is 10.8 Å². The van der Waals surface area contributed by atoms with Crippen LogP contribution in [0.4, 0.5) is 0 Å². The number of fused-ring (bicyclic) bond motifs is 1. The Morgan fingerprint density at radius 1 is 1.19 bits per heavy atom. The highest BCUT2D eigenvalue weighted by atomic mass is 127. The van der Waals surface area contributed by atoms with Crippen LogP contribution in [-0.4, -0.2) is 0 Å². The molecule has 2 rings (SSSR count). The number of allylic oxidation sites excluding steroid dienone is 1. The van der Waals surface area contributed by atoms with Crippen molar-refractivity contribution in [2.75, 3.05) is 0 Å². The summed E-state index contributed by atoms with van der Waals surface area (Å²) in [7, 11) is 0. The van der Waals surface area contributed by atoms with E-state index in [2.05, 4.69) is 24.4 Å². The van der Waals surface area contributed by atoms with Crippen LogP contribution in [0.3, 0.4) is 0 Å². The summed E-state index contributed by atoms with van der Waals surface area (Å²) in [5.74, 6) is 0. The second kappa shape index (κ2) is 6.42. The minimum absolute atomic E-state index is 0. The smallest absolute Gasteiger partial charge is 0.185 e. The van der Waals surface area contributed by atoms with Crippen molar-refractivity contribution in [3.63, 3.8) is 0 Å². The van der Waals surface area contributed by atoms with Gasteiger partial charge in [-0.3, -0.25) is 0 Å². The first-order valence-corrected chi connectivity index (χ1v) is 5.43. The Bertz CT molecular complexity index is 511. The number of hydrogen-bond donors (Lipinski definition) is 0. The van der Waals surface area contributed by atoms with E-state index in [9.17, 15) is 0 Å². The van der Waals surface area contributed by atoms with E-state index in [1.54, 1.807) is 0 Å². The Hall–Kier alpha value is -0.320. The predicted octanol–water partition coefficient (Wildman–Crippen LogP) is 0.450. The van der Waals surface area contributed by atoms with E-state index in [-0.39, 0.29) is 24.0 Å². The molecule has 0 aliphatic heterocycles. The van der Waals surface area contributed by atoms with Crippen molar-refractivity contribution in [2.24, 2.45) is 0 Å². The molecule has 0 unspecified atom stereocenters. The van der Waals surface area contributed by atoms with Crippen molar-refractivity contribution < 1.29 is 28.5 Å². The van der Waals surface area contributed by atoms with Gasteiger partial charge in [-0.25, -0.2) is 0 Å². The van der Waals surface area contributed by atoms with Crippen molar-refractivity contribution >= 4 is 34.0 Å². The Labute approximate surface area is 122 Å². The van der Waals surface area contributed by atoms with Gasteiger partial charge >= 0.3 is 0 Å². The Morgan fingerprint density at radius 2 is 1.88 bits per heavy atom. The van der Waals surface area contributed by atoms with Gasteiger partial charge in [0, 0.05) is 17.0 Å². The molecule has 0 saturated carbocycles. The highest BCUT2D eigenvalue weighted by Gasteiger charge is 2.04. The molecule has 0 bridgehead atoms. The van der Waals surface area contributed by atoms with Gasteiger partial charge in [0.15, 0.2) is 18.9 Å². The van der Waals surface area contributed by atoms with Crippen molar-refractivity contribution in [3.05, 3.63) is 53.3 Å². The van der Waals surface area contributed by atoms with Crippen LogP contribution < -0.4 is 28.5 Å². The van der Waals surface area contributed by atoms with Crippen LogP contribution in [0.15, 0.2) is 53.3 Å². The van der Waals surface area contributed by atoms with Gasteiger partial charge in [-0.15, -0.1) is 0 Å². The van der Waals surface area contributed by atoms with Gasteiger partial charge < -0.3 is 24.0 Å². The fourth-order valence-electron chi connectivity index (χ4n) is 1.49. The molecule has 0 saturated heterocycles. The molecule has 0 N–H and O–H groups in total. The summed E-state index contributed by atoms with van der Waals surface area (Å²) in [5.41, 5.74) is 1.39. The third-order valence-corrected chi connectivity index (χ3v) is 2.80. The lowest BCUT2D eigenvalue weighted by Crippen LogP contribution is -3.00. The van der Waals surface area contributed by atoms with E-state index in [1.165, 1.54) is 16.3 Å². The molecule has 4 heteroatoms. The molecule has 16 heavy (non-hydrogen) atoms. The summed E-state index contributed by atoms with van der Waals surface area (Å²) in [4.78, 5) is 0. The Morgan fingerprint density at radius 3 is 2.56 bits per heavy atom. The highest BCUT2D eigenvalue weighted by Crippen LogP contribution is 2.10. The number of hydrogen-bond acceptors (Lipinski definition) is 0. The van der Waals surface area contributed by atoms with Crippen LogP contribution in [0, 0.1) is 0 Å². The lowest BCUT2D eigenvalue weighted by Gasteiger charge is -1.97. The maximum Gasteiger partial charge on any atom is 0.185 e. The number of pyridine rings is 1. The first kappa shape index (κ1) is 13.7. The fourth-order valence-corrected chi connectivity index (χ4v) is 1.69. The molecule has 84 valence electrons. The molecule has 0 fully saturated rings. The topological polar surface area (TPSA) is 3.88 Å². The number of benzene rings is 1. The van der Waals surface area contributed by atoms with E-state index in [0.29, 0.717) is 11.6 Å². The number of halogens is 3. The largest absolute Gasteiger partial charge is 1.00 e. The van der Waals surface area contributed by atoms with Crippen molar-refractivity contribution in [3.8, 4) is 0 Å². The summed E-state index contributed by atoms with van der Waals surface area (Å²) in [6.45, 7) is 0.607. The molecule has 2 aromatic rings. The highest BCUT2D eigenvalue weighted by molar-refractivity contribution is 6.36. The van der Waals surface area contributed by atoms with Crippen LogP contribution in [0.1, 0.15) is 0 Å². The second-order valence-electron chi connectivity index (χ2n) is 3.30. The minimum atomic E-state index is 0. The molecule has 1 aromatic carbocycles. The normalized spacial score (nSPS) is 11.2. The third-order valence-electron chi connectivity index (χ3n) is 2.20. The summed E-state index contributed by atoms with van der Waals surface area (Å²) in [6, 6.07) is 10.3. The molecule has 0 amide bonds. The van der Waals surface area contributed by atoms with E-state index < -0.39 is 0 Å². The molecular weight excluding hydrogens is 356 g/mol. The zero-order valence-electron chi connectivity index (χ0n) is 8.41. The molecule has 1 heterocycles. The van der Waals surface area contributed by atoms with Gasteiger partial charge in [0.2, 0.25) is 0 Å². The molecular formula is C12H10Cl2IN. The molecule has 1 aromatic heterocycles. The summed E-state index contributed by atoms with van der Waals surface area (Å²) >= 11 is 11.4. The maximum absolute atomic E-state index is 5.86. The standard InChI is InChI=1S/C12H10Cl2N.HI/c13-7-12(14)9-15-6-5-10-3-1-2-4-11(10)8-15;/h1-8H,9H2;1H/q+1;/p-1. The van der Waals surface area contributed by atoms with Crippen LogP contribution in [0.2, 0.25) is 0 Å². The molecule has 0 radical (unpaired) electrons. The van der Waals surface area contributed by atoms with Gasteiger partial charge in [-0.1, -0.05) is 41.4 Å². The van der Waals surface area contributed by atoms with Gasteiger partial charge in [-0.05, 0) is 11.5 Å². The van der Waals surface area contributed by atoms with Crippen LogP contribution in [-0.2, 0) is 6.54 Å². The van der Waals surface area contributed by atoms with Crippen molar-refractivity contribution in [1.29, 1.82) is 0 Å². The van der Waals surface area contributed by atoms with E-state index >= 15 is 0 Å². The Kier molecular flexibility index (Phi) is 5.52. The monoisotopic (exact) mass is 365 g/mol. The molecule has 1 nitrogen and oxygen atoms in total. The number of rotatable bonds is 2. The summed E-state index contributed by atoms with van der Waals surface area (Å²) in [6.07, 6.45) is 4.04. The molecule has 0 spiro atoms. The van der Waals surface area contributed by atoms with Gasteiger partial charge in [0.05, 0.1) is 5.03 Å². The van der Waals surface area contributed by atoms with Crippen molar-refractivity contribution in [1.82, 2.24) is 0 Å². The zero-order valence-corrected chi connectivity index (χ0v) is 12.1. The average molecular weight is 366 g/mol. The average Bonchev–Trinajstić information content (AvgIpc) is 2.29.